The van der Waals surface area contributed by atoms with E-state index in [9.17, 15) is 4.79 Å². The summed E-state index contributed by atoms with van der Waals surface area (Å²) in [5.74, 6) is 0.0178. The van der Waals surface area contributed by atoms with Gasteiger partial charge in [-0.3, -0.25) is 4.79 Å². The number of carbonyl (C=O) groups is 1. The van der Waals surface area contributed by atoms with Crippen LogP contribution in [0.3, 0.4) is 0 Å². The molecular weight excluding hydrogens is 240 g/mol. The van der Waals surface area contributed by atoms with E-state index in [4.69, 9.17) is 0 Å². The van der Waals surface area contributed by atoms with Crippen LogP contribution in [-0.4, -0.2) is 47.8 Å². The quantitative estimate of drug-likeness (QED) is 0.875. The molecule has 1 aromatic carbocycles. The molecule has 0 saturated heterocycles. The summed E-state index contributed by atoms with van der Waals surface area (Å²) in [6.07, 6.45) is 3.57. The maximum Gasteiger partial charge on any atom is 0.253 e. The Kier molecular flexibility index (Phi) is 4.30. The van der Waals surface area contributed by atoms with Crippen molar-refractivity contribution < 1.29 is 4.79 Å². The monoisotopic (exact) mass is 258 g/mol. The molecule has 0 unspecified atom stereocenters. The van der Waals surface area contributed by atoms with Crippen molar-refractivity contribution in [2.24, 2.45) is 0 Å². The topological polar surface area (TPSA) is 50.2 Å². The fraction of sp³-hybridized carbons (Fsp3) is 0.286. The molecule has 0 saturated carbocycles. The van der Waals surface area contributed by atoms with Crippen LogP contribution in [0.5, 0.6) is 0 Å². The van der Waals surface area contributed by atoms with E-state index in [0.717, 1.165) is 12.2 Å². The van der Waals surface area contributed by atoms with E-state index in [0.29, 0.717) is 12.1 Å². The van der Waals surface area contributed by atoms with Gasteiger partial charge in [0.15, 0.2) is 0 Å². The highest BCUT2D eigenvalue weighted by molar-refractivity contribution is 5.94. The average molecular weight is 258 g/mol. The first-order valence-corrected chi connectivity index (χ1v) is 6.22. The number of aromatic nitrogens is 2. The Bertz CT molecular complexity index is 536. The second-order valence-corrected chi connectivity index (χ2v) is 4.33. The second-order valence-electron chi connectivity index (χ2n) is 4.33. The third-order valence-electron chi connectivity index (χ3n) is 2.91. The Morgan fingerprint density at radius 2 is 2.26 bits per heavy atom. The zero-order valence-electron chi connectivity index (χ0n) is 11.2. The van der Waals surface area contributed by atoms with Crippen LogP contribution in [0.2, 0.25) is 0 Å². The molecule has 5 nitrogen and oxygen atoms in total. The maximum absolute atomic E-state index is 12.2. The zero-order valence-corrected chi connectivity index (χ0v) is 11.2. The molecule has 2 aromatic rings. The van der Waals surface area contributed by atoms with E-state index >= 15 is 0 Å². The summed E-state index contributed by atoms with van der Waals surface area (Å²) in [5, 5.41) is 7.19. The maximum atomic E-state index is 12.2. The summed E-state index contributed by atoms with van der Waals surface area (Å²) in [6.45, 7) is 1.46. The Morgan fingerprint density at radius 1 is 1.42 bits per heavy atom. The summed E-state index contributed by atoms with van der Waals surface area (Å²) in [4.78, 5) is 13.9. The van der Waals surface area contributed by atoms with Gasteiger partial charge in [0.2, 0.25) is 0 Å². The Labute approximate surface area is 112 Å². The largest absolute Gasteiger partial charge is 0.340 e. The van der Waals surface area contributed by atoms with Gasteiger partial charge in [0, 0.05) is 38.1 Å². The lowest BCUT2D eigenvalue weighted by atomic mass is 10.2. The van der Waals surface area contributed by atoms with Crippen molar-refractivity contribution in [3.63, 3.8) is 0 Å². The first kappa shape index (κ1) is 13.3. The summed E-state index contributed by atoms with van der Waals surface area (Å²) < 4.78 is 1.74. The molecule has 0 atom stereocenters. The third kappa shape index (κ3) is 3.20. The molecule has 2 rings (SSSR count). The van der Waals surface area contributed by atoms with Crippen LogP contribution in [-0.2, 0) is 0 Å². The predicted molar refractivity (Wildman–Crippen MR) is 74.5 cm³/mol. The van der Waals surface area contributed by atoms with Crippen LogP contribution in [0.4, 0.5) is 0 Å². The molecule has 1 aromatic heterocycles. The van der Waals surface area contributed by atoms with Gasteiger partial charge >= 0.3 is 0 Å². The minimum Gasteiger partial charge on any atom is -0.340 e. The van der Waals surface area contributed by atoms with Gasteiger partial charge in [-0.15, -0.1) is 0 Å². The fourth-order valence-electron chi connectivity index (χ4n) is 1.80. The summed E-state index contributed by atoms with van der Waals surface area (Å²) in [7, 11) is 3.68. The first-order chi connectivity index (χ1) is 9.22. The average Bonchev–Trinajstić information content (AvgIpc) is 2.98. The SMILES string of the molecule is CNCCN(C)C(=O)c1cccc(-n2cccn2)c1. The van der Waals surface area contributed by atoms with Crippen LogP contribution in [0.1, 0.15) is 10.4 Å². The molecule has 0 aliphatic rings. The molecule has 5 heteroatoms. The normalized spacial score (nSPS) is 10.4. The number of nitrogens with zero attached hydrogens (tertiary/aromatic N) is 3. The van der Waals surface area contributed by atoms with E-state index in [1.807, 2.05) is 43.6 Å². The van der Waals surface area contributed by atoms with Gasteiger partial charge in [0.05, 0.1) is 5.69 Å². The van der Waals surface area contributed by atoms with Crippen molar-refractivity contribution in [2.75, 3.05) is 27.2 Å². The van der Waals surface area contributed by atoms with Gasteiger partial charge < -0.3 is 10.2 Å². The minimum atomic E-state index is 0.0178. The van der Waals surface area contributed by atoms with Crippen molar-refractivity contribution in [3.8, 4) is 5.69 Å². The fourth-order valence-corrected chi connectivity index (χ4v) is 1.80. The van der Waals surface area contributed by atoms with Crippen LogP contribution >= 0.6 is 0 Å². The molecule has 1 N–H and O–H groups in total. The van der Waals surface area contributed by atoms with Crippen LogP contribution < -0.4 is 5.32 Å². The predicted octanol–water partition coefficient (Wildman–Crippen LogP) is 1.16. The van der Waals surface area contributed by atoms with Gasteiger partial charge in [-0.25, -0.2) is 4.68 Å². The molecule has 1 amide bonds. The number of hydrogen-bond donors (Lipinski definition) is 1. The Hall–Kier alpha value is -2.14. The van der Waals surface area contributed by atoms with E-state index in [-0.39, 0.29) is 5.91 Å². The summed E-state index contributed by atoms with van der Waals surface area (Å²) in [6, 6.07) is 9.33. The highest BCUT2D eigenvalue weighted by Crippen LogP contribution is 2.11. The smallest absolute Gasteiger partial charge is 0.253 e. The molecule has 0 aliphatic carbocycles. The van der Waals surface area contributed by atoms with Gasteiger partial charge in [-0.05, 0) is 31.3 Å². The molecule has 0 spiro atoms. The van der Waals surface area contributed by atoms with Crippen molar-refractivity contribution in [1.82, 2.24) is 20.0 Å². The number of amides is 1. The van der Waals surface area contributed by atoms with E-state index < -0.39 is 0 Å². The van der Waals surface area contributed by atoms with E-state index in [1.165, 1.54) is 0 Å². The number of nitrogens with one attached hydrogen (secondary N) is 1. The number of likely N-dealkylation sites (N-methyl/N-ethyl adjacent to an activating group) is 2. The first-order valence-electron chi connectivity index (χ1n) is 6.22. The van der Waals surface area contributed by atoms with Crippen molar-refractivity contribution >= 4 is 5.91 Å². The van der Waals surface area contributed by atoms with Crippen LogP contribution in [0.25, 0.3) is 5.69 Å². The highest BCUT2D eigenvalue weighted by atomic mass is 16.2. The van der Waals surface area contributed by atoms with Gasteiger partial charge in [0.25, 0.3) is 5.91 Å². The minimum absolute atomic E-state index is 0.0178. The lowest BCUT2D eigenvalue weighted by Crippen LogP contribution is -2.32. The molecule has 0 bridgehead atoms. The molecule has 100 valence electrons. The number of benzene rings is 1. The van der Waals surface area contributed by atoms with E-state index in [2.05, 4.69) is 10.4 Å². The number of hydrogen-bond acceptors (Lipinski definition) is 3. The lowest BCUT2D eigenvalue weighted by Gasteiger charge is -2.17. The lowest BCUT2D eigenvalue weighted by molar-refractivity contribution is 0.0797. The Morgan fingerprint density at radius 3 is 2.95 bits per heavy atom. The van der Waals surface area contributed by atoms with Crippen molar-refractivity contribution in [3.05, 3.63) is 48.3 Å². The zero-order chi connectivity index (χ0) is 13.7. The third-order valence-corrected chi connectivity index (χ3v) is 2.91. The standard InChI is InChI=1S/C14H18N4O/c1-15-8-10-17(2)14(19)12-5-3-6-13(11-12)18-9-4-7-16-18/h3-7,9,11,15H,8,10H2,1-2H3. The van der Waals surface area contributed by atoms with Crippen LogP contribution in [0.15, 0.2) is 42.7 Å². The number of carbonyl (C=O) groups excluding carboxylic acids is 1. The molecule has 0 aliphatic heterocycles. The van der Waals surface area contributed by atoms with Gasteiger partial charge in [-0.1, -0.05) is 6.07 Å². The summed E-state index contributed by atoms with van der Waals surface area (Å²) >= 11 is 0. The molecule has 0 radical (unpaired) electrons. The molecule has 0 fully saturated rings. The van der Waals surface area contributed by atoms with Crippen molar-refractivity contribution in [1.29, 1.82) is 0 Å². The molecule has 1 heterocycles. The molecule has 19 heavy (non-hydrogen) atoms. The van der Waals surface area contributed by atoms with Gasteiger partial charge in [0.1, 0.15) is 0 Å². The Balaban J connectivity index is 2.17. The van der Waals surface area contributed by atoms with Crippen molar-refractivity contribution in [2.45, 2.75) is 0 Å². The number of rotatable bonds is 5. The van der Waals surface area contributed by atoms with E-state index in [1.54, 1.807) is 22.8 Å². The molecular formula is C14H18N4O. The second kappa shape index (κ2) is 6.15. The highest BCUT2D eigenvalue weighted by Gasteiger charge is 2.11. The summed E-state index contributed by atoms with van der Waals surface area (Å²) in [5.41, 5.74) is 1.56. The van der Waals surface area contributed by atoms with Gasteiger partial charge in [-0.2, -0.15) is 5.10 Å². The van der Waals surface area contributed by atoms with Crippen LogP contribution in [0, 0.1) is 0 Å².